The van der Waals surface area contributed by atoms with E-state index in [2.05, 4.69) is 9.97 Å². The number of aromatic nitrogens is 3. The van der Waals surface area contributed by atoms with Gasteiger partial charge in [0.1, 0.15) is 29.9 Å². The Bertz CT molecular complexity index is 1910. The highest BCUT2D eigenvalue weighted by Crippen LogP contribution is 2.41. The number of alkyl halides is 3. The first kappa shape index (κ1) is 31.7. The van der Waals surface area contributed by atoms with Crippen molar-refractivity contribution in [2.45, 2.75) is 26.6 Å². The lowest BCUT2D eigenvalue weighted by molar-refractivity contribution is -0.137. The molecule has 3 heterocycles. The molecule has 234 valence electrons. The smallest absolute Gasteiger partial charge is 0.418 e. The average molecular weight is 641 g/mol. The SMILES string of the molecule is Cc1cc(-c2cc(Cl)ccc2OCCn2c(C)nc3cc(C(F)(F)F)c(N4CCN(C)CC4)c(C#N)c3c2=O)cc(C(=O)O)n1. The van der Waals surface area contributed by atoms with Crippen LogP contribution >= 0.6 is 11.6 Å². The molecule has 0 aliphatic carbocycles. The molecular weight excluding hydrogens is 613 g/mol. The van der Waals surface area contributed by atoms with Crippen LogP contribution < -0.4 is 15.2 Å². The normalized spacial score (nSPS) is 14.0. The van der Waals surface area contributed by atoms with Crippen LogP contribution in [0.25, 0.3) is 22.0 Å². The third-order valence-corrected chi connectivity index (χ3v) is 7.88. The van der Waals surface area contributed by atoms with Gasteiger partial charge in [0.05, 0.1) is 34.3 Å². The Balaban J connectivity index is 1.53. The predicted molar refractivity (Wildman–Crippen MR) is 162 cm³/mol. The summed E-state index contributed by atoms with van der Waals surface area (Å²) >= 11 is 6.24. The topological polar surface area (TPSA) is 125 Å². The Kier molecular flexibility index (Phi) is 8.73. The fraction of sp³-hybridized carbons (Fsp3) is 0.323. The molecule has 4 aromatic rings. The van der Waals surface area contributed by atoms with Crippen molar-refractivity contribution in [1.29, 1.82) is 5.26 Å². The number of nitrogens with zero attached hydrogens (tertiary/aromatic N) is 6. The zero-order valence-corrected chi connectivity index (χ0v) is 25.3. The number of pyridine rings is 1. The van der Waals surface area contributed by atoms with Gasteiger partial charge in [0.15, 0.2) is 0 Å². The largest absolute Gasteiger partial charge is 0.491 e. The highest BCUT2D eigenvalue weighted by atomic mass is 35.5. The van der Waals surface area contributed by atoms with Crippen LogP contribution in [0.5, 0.6) is 5.75 Å². The molecule has 45 heavy (non-hydrogen) atoms. The second-order valence-electron chi connectivity index (χ2n) is 10.7. The van der Waals surface area contributed by atoms with Crippen LogP contribution in [0.15, 0.2) is 41.2 Å². The van der Waals surface area contributed by atoms with E-state index in [9.17, 15) is 33.1 Å². The summed E-state index contributed by atoms with van der Waals surface area (Å²) in [6, 6.07) is 10.6. The summed E-state index contributed by atoms with van der Waals surface area (Å²) < 4.78 is 50.1. The molecule has 2 aromatic heterocycles. The first-order chi connectivity index (χ1) is 21.3. The lowest BCUT2D eigenvalue weighted by Crippen LogP contribution is -2.45. The summed E-state index contributed by atoms with van der Waals surface area (Å²) in [5, 5.41) is 19.8. The molecule has 0 radical (unpaired) electrons. The van der Waals surface area contributed by atoms with Crippen LogP contribution in [-0.4, -0.2) is 70.3 Å². The number of hydrogen-bond acceptors (Lipinski definition) is 8. The van der Waals surface area contributed by atoms with Gasteiger partial charge in [0.2, 0.25) is 0 Å². The van der Waals surface area contributed by atoms with Gasteiger partial charge in [-0.1, -0.05) is 11.6 Å². The van der Waals surface area contributed by atoms with Crippen LogP contribution in [0.4, 0.5) is 18.9 Å². The fourth-order valence-electron chi connectivity index (χ4n) is 5.46. The molecule has 0 amide bonds. The number of anilines is 1. The molecule has 0 unspecified atom stereocenters. The number of benzene rings is 2. The third-order valence-electron chi connectivity index (χ3n) is 7.65. The van der Waals surface area contributed by atoms with Gasteiger partial charge in [-0.15, -0.1) is 0 Å². The Morgan fingerprint density at radius 3 is 2.47 bits per heavy atom. The van der Waals surface area contributed by atoms with E-state index in [1.807, 2.05) is 18.0 Å². The number of piperazine rings is 1. The van der Waals surface area contributed by atoms with E-state index in [4.69, 9.17) is 16.3 Å². The molecule has 2 aromatic carbocycles. The van der Waals surface area contributed by atoms with Gasteiger partial charge in [0.25, 0.3) is 5.56 Å². The van der Waals surface area contributed by atoms with Gasteiger partial charge in [-0.25, -0.2) is 14.8 Å². The lowest BCUT2D eigenvalue weighted by Gasteiger charge is -2.36. The van der Waals surface area contributed by atoms with Crippen molar-refractivity contribution in [3.05, 3.63) is 80.1 Å². The molecule has 0 bridgehead atoms. The standard InChI is InChI=1S/C31H28ClF3N6O4/c1-17-12-19(13-25(37-17)30(43)44)21-14-20(32)4-5-26(21)45-11-10-41-18(2)38-24-15-23(31(33,34)35)28(22(16-36)27(24)29(41)42)40-8-6-39(3)7-9-40/h4-5,12-15H,6-11H2,1-3H3,(H,43,44). The summed E-state index contributed by atoms with van der Waals surface area (Å²) in [6.07, 6.45) is -4.77. The zero-order valence-electron chi connectivity index (χ0n) is 24.6. The maximum absolute atomic E-state index is 14.3. The minimum absolute atomic E-state index is 0.0405. The number of hydrogen-bond donors (Lipinski definition) is 1. The van der Waals surface area contributed by atoms with Gasteiger partial charge in [-0.2, -0.15) is 18.4 Å². The van der Waals surface area contributed by atoms with E-state index >= 15 is 0 Å². The number of nitriles is 1. The number of likely N-dealkylation sites (N-methyl/N-ethyl adjacent to an activating group) is 1. The fourth-order valence-corrected chi connectivity index (χ4v) is 5.63. The number of carboxylic acids is 1. The Morgan fingerprint density at radius 1 is 1.11 bits per heavy atom. The quantitative estimate of drug-likeness (QED) is 0.292. The summed E-state index contributed by atoms with van der Waals surface area (Å²) in [4.78, 5) is 37.2. The molecule has 1 fully saturated rings. The van der Waals surface area contributed by atoms with Crippen molar-refractivity contribution in [2.75, 3.05) is 44.7 Å². The molecule has 5 rings (SSSR count). The van der Waals surface area contributed by atoms with Crippen molar-refractivity contribution >= 4 is 34.2 Å². The van der Waals surface area contributed by atoms with Crippen molar-refractivity contribution < 1.29 is 27.8 Å². The van der Waals surface area contributed by atoms with Gasteiger partial charge >= 0.3 is 12.1 Å². The van der Waals surface area contributed by atoms with Crippen LogP contribution in [0.1, 0.15) is 33.1 Å². The van der Waals surface area contributed by atoms with Crippen molar-refractivity contribution in [3.63, 3.8) is 0 Å². The molecule has 14 heteroatoms. The van der Waals surface area contributed by atoms with Gasteiger partial charge in [-0.3, -0.25) is 9.36 Å². The minimum atomic E-state index is -4.77. The number of fused-ring (bicyclic) bond motifs is 1. The van der Waals surface area contributed by atoms with Gasteiger partial charge in [0, 0.05) is 42.5 Å². The molecule has 1 N–H and O–H groups in total. The summed E-state index contributed by atoms with van der Waals surface area (Å²) in [5.41, 5.74) is -1.22. The molecule has 0 saturated carbocycles. The van der Waals surface area contributed by atoms with E-state index in [1.165, 1.54) is 22.5 Å². The Hall–Kier alpha value is -4.67. The number of ether oxygens (including phenoxy) is 1. The molecule has 1 aliphatic heterocycles. The summed E-state index contributed by atoms with van der Waals surface area (Å²) in [6.45, 7) is 4.56. The van der Waals surface area contributed by atoms with Crippen LogP contribution in [-0.2, 0) is 12.7 Å². The van der Waals surface area contributed by atoms with Gasteiger partial charge < -0.3 is 19.6 Å². The molecule has 0 atom stereocenters. The molecule has 1 aliphatic rings. The molecule has 0 spiro atoms. The minimum Gasteiger partial charge on any atom is -0.491 e. The second kappa shape index (κ2) is 12.4. The number of aryl methyl sites for hydroxylation is 2. The Morgan fingerprint density at radius 2 is 1.82 bits per heavy atom. The van der Waals surface area contributed by atoms with E-state index in [0.717, 1.165) is 6.07 Å². The zero-order chi connectivity index (χ0) is 32.6. The maximum Gasteiger partial charge on any atom is 0.418 e. The molecule has 10 nitrogen and oxygen atoms in total. The number of halogens is 4. The molecule has 1 saturated heterocycles. The van der Waals surface area contributed by atoms with E-state index < -0.39 is 23.3 Å². The van der Waals surface area contributed by atoms with E-state index in [-0.39, 0.29) is 59.9 Å². The average Bonchev–Trinajstić information content (AvgIpc) is 2.98. The van der Waals surface area contributed by atoms with E-state index in [1.54, 1.807) is 31.2 Å². The van der Waals surface area contributed by atoms with Crippen molar-refractivity contribution in [2.24, 2.45) is 0 Å². The Labute approximate surface area is 260 Å². The number of rotatable bonds is 7. The van der Waals surface area contributed by atoms with Crippen LogP contribution in [0, 0.1) is 25.2 Å². The lowest BCUT2D eigenvalue weighted by atomic mass is 10.00. The first-order valence-electron chi connectivity index (χ1n) is 13.9. The molecular formula is C31H28ClF3N6O4. The highest BCUT2D eigenvalue weighted by Gasteiger charge is 2.38. The maximum atomic E-state index is 14.3. The second-order valence-corrected chi connectivity index (χ2v) is 11.2. The number of carboxylic acid groups (broad SMARTS) is 1. The van der Waals surface area contributed by atoms with Crippen molar-refractivity contribution in [1.82, 2.24) is 19.4 Å². The highest BCUT2D eigenvalue weighted by molar-refractivity contribution is 6.31. The monoisotopic (exact) mass is 640 g/mol. The van der Waals surface area contributed by atoms with Crippen LogP contribution in [0.2, 0.25) is 5.02 Å². The number of aromatic carboxylic acids is 1. The van der Waals surface area contributed by atoms with Crippen molar-refractivity contribution in [3.8, 4) is 22.9 Å². The van der Waals surface area contributed by atoms with Gasteiger partial charge in [-0.05, 0) is 62.9 Å². The van der Waals surface area contributed by atoms with Crippen LogP contribution in [0.3, 0.4) is 0 Å². The third kappa shape index (κ3) is 6.43. The van der Waals surface area contributed by atoms with E-state index in [0.29, 0.717) is 40.7 Å². The summed E-state index contributed by atoms with van der Waals surface area (Å²) in [7, 11) is 1.86. The first-order valence-corrected chi connectivity index (χ1v) is 14.3. The summed E-state index contributed by atoms with van der Waals surface area (Å²) in [5.74, 6) is -0.698. The number of carbonyl (C=O) groups is 1. The predicted octanol–water partition coefficient (Wildman–Crippen LogP) is 5.15.